The first kappa shape index (κ1) is 9.97. The molecule has 0 fully saturated rings. The van der Waals surface area contributed by atoms with E-state index >= 15 is 0 Å². The zero-order chi connectivity index (χ0) is 11.1. The first-order valence-electron chi connectivity index (χ1n) is 4.32. The average molecular weight is 227 g/mol. The van der Waals surface area contributed by atoms with Crippen LogP contribution in [-0.4, -0.2) is 31.3 Å². The first-order chi connectivity index (χ1) is 7.00. The van der Waals surface area contributed by atoms with Gasteiger partial charge in [-0.25, -0.2) is 13.2 Å². The number of aliphatic carboxylic acids is 1. The van der Waals surface area contributed by atoms with Crippen LogP contribution in [0.1, 0.15) is 0 Å². The summed E-state index contributed by atoms with van der Waals surface area (Å²) >= 11 is 0. The molecule has 0 amide bonds. The highest BCUT2D eigenvalue weighted by Gasteiger charge is 2.33. The number of carboxylic acids is 1. The van der Waals surface area contributed by atoms with E-state index in [1.54, 1.807) is 18.2 Å². The second kappa shape index (κ2) is 3.23. The van der Waals surface area contributed by atoms with Crippen LogP contribution < -0.4 is 5.32 Å². The minimum atomic E-state index is -3.48. The molecule has 1 aliphatic heterocycles. The number of anilines is 1. The van der Waals surface area contributed by atoms with Gasteiger partial charge in [0.05, 0.1) is 16.3 Å². The van der Waals surface area contributed by atoms with Crippen molar-refractivity contribution in [3.63, 3.8) is 0 Å². The van der Waals surface area contributed by atoms with Crippen LogP contribution in [0.25, 0.3) is 0 Å². The number of nitrogens with one attached hydrogen (secondary N) is 1. The fraction of sp³-hybridized carbons (Fsp3) is 0.222. The number of hydrogen-bond donors (Lipinski definition) is 2. The summed E-state index contributed by atoms with van der Waals surface area (Å²) in [6.07, 6.45) is 0. The van der Waals surface area contributed by atoms with Crippen LogP contribution in [0.3, 0.4) is 0 Å². The Labute approximate surface area is 86.7 Å². The molecule has 1 atom stereocenters. The summed E-state index contributed by atoms with van der Waals surface area (Å²) in [6.45, 7) is 0. The maximum Gasteiger partial charge on any atom is 0.327 e. The van der Waals surface area contributed by atoms with Gasteiger partial charge in [0.1, 0.15) is 6.04 Å². The maximum absolute atomic E-state index is 11.7. The Bertz CT molecular complexity index is 509. The normalized spacial score (nSPS) is 22.5. The molecule has 2 rings (SSSR count). The van der Waals surface area contributed by atoms with Crippen LogP contribution >= 0.6 is 0 Å². The Morgan fingerprint density at radius 3 is 2.73 bits per heavy atom. The van der Waals surface area contributed by atoms with E-state index in [2.05, 4.69) is 5.32 Å². The van der Waals surface area contributed by atoms with E-state index in [0.29, 0.717) is 5.69 Å². The van der Waals surface area contributed by atoms with Crippen LogP contribution in [0, 0.1) is 0 Å². The number of hydrogen-bond acceptors (Lipinski definition) is 4. The van der Waals surface area contributed by atoms with Crippen LogP contribution in [0.4, 0.5) is 5.69 Å². The van der Waals surface area contributed by atoms with Crippen molar-refractivity contribution in [1.29, 1.82) is 0 Å². The molecular weight excluding hydrogens is 218 g/mol. The predicted molar refractivity (Wildman–Crippen MR) is 53.5 cm³/mol. The highest BCUT2D eigenvalue weighted by Crippen LogP contribution is 2.27. The Kier molecular flexibility index (Phi) is 2.15. The molecule has 0 aliphatic carbocycles. The summed E-state index contributed by atoms with van der Waals surface area (Å²) < 4.78 is 23.4. The molecule has 1 heterocycles. The van der Waals surface area contributed by atoms with E-state index in [0.717, 1.165) is 0 Å². The van der Waals surface area contributed by atoms with E-state index in [9.17, 15) is 13.2 Å². The zero-order valence-electron chi connectivity index (χ0n) is 7.67. The molecule has 1 aromatic rings. The van der Waals surface area contributed by atoms with Gasteiger partial charge in [-0.05, 0) is 12.1 Å². The van der Waals surface area contributed by atoms with Crippen molar-refractivity contribution in [1.82, 2.24) is 0 Å². The number of carbonyl (C=O) groups is 1. The maximum atomic E-state index is 11.7. The van der Waals surface area contributed by atoms with Crippen molar-refractivity contribution in [2.45, 2.75) is 10.9 Å². The minimum absolute atomic E-state index is 0.169. The lowest BCUT2D eigenvalue weighted by molar-refractivity contribution is -0.137. The Hall–Kier alpha value is -1.56. The largest absolute Gasteiger partial charge is 0.480 e. The number of para-hydroxylation sites is 1. The van der Waals surface area contributed by atoms with Crippen molar-refractivity contribution in [2.24, 2.45) is 0 Å². The summed E-state index contributed by atoms with van der Waals surface area (Å²) in [5.74, 6) is -1.56. The van der Waals surface area contributed by atoms with Gasteiger partial charge in [0.25, 0.3) is 0 Å². The molecule has 1 aromatic carbocycles. The molecule has 0 saturated heterocycles. The van der Waals surface area contributed by atoms with Crippen molar-refractivity contribution in [2.75, 3.05) is 11.1 Å². The topological polar surface area (TPSA) is 83.5 Å². The van der Waals surface area contributed by atoms with Crippen molar-refractivity contribution >= 4 is 21.5 Å². The van der Waals surface area contributed by atoms with Crippen LogP contribution in [0.15, 0.2) is 29.2 Å². The smallest absolute Gasteiger partial charge is 0.327 e. The second-order valence-electron chi connectivity index (χ2n) is 3.31. The third-order valence-corrected chi connectivity index (χ3v) is 4.03. The molecule has 0 bridgehead atoms. The van der Waals surface area contributed by atoms with E-state index in [4.69, 9.17) is 5.11 Å². The van der Waals surface area contributed by atoms with Gasteiger partial charge < -0.3 is 10.4 Å². The molecule has 0 aromatic heterocycles. The standard InChI is InChI=1S/C9H9NO4S/c11-9(12)7-5-15(13,14)8-4-2-1-3-6(8)10-7/h1-4,7,10H,5H2,(H,11,12). The molecule has 1 aliphatic rings. The fourth-order valence-electron chi connectivity index (χ4n) is 1.53. The minimum Gasteiger partial charge on any atom is -0.480 e. The fourth-order valence-corrected chi connectivity index (χ4v) is 3.12. The van der Waals surface area contributed by atoms with E-state index in [1.807, 2.05) is 0 Å². The SMILES string of the molecule is O=C(O)C1CS(=O)(=O)c2ccccc2N1. The Morgan fingerprint density at radius 1 is 1.40 bits per heavy atom. The Morgan fingerprint density at radius 2 is 2.07 bits per heavy atom. The van der Waals surface area contributed by atoms with Crippen molar-refractivity contribution in [3.05, 3.63) is 24.3 Å². The van der Waals surface area contributed by atoms with Gasteiger partial charge in [-0.15, -0.1) is 0 Å². The van der Waals surface area contributed by atoms with Gasteiger partial charge in [0, 0.05) is 0 Å². The molecule has 5 nitrogen and oxygen atoms in total. The van der Waals surface area contributed by atoms with E-state index < -0.39 is 27.6 Å². The van der Waals surface area contributed by atoms with Crippen molar-refractivity contribution in [3.8, 4) is 0 Å². The summed E-state index contributed by atoms with van der Waals surface area (Å²) in [4.78, 5) is 10.9. The molecule has 0 radical (unpaired) electrons. The summed E-state index contributed by atoms with van der Waals surface area (Å²) in [5, 5.41) is 11.4. The van der Waals surface area contributed by atoms with Crippen molar-refractivity contribution < 1.29 is 18.3 Å². The molecule has 15 heavy (non-hydrogen) atoms. The van der Waals surface area contributed by atoms with Gasteiger partial charge in [0.15, 0.2) is 9.84 Å². The van der Waals surface area contributed by atoms with Crippen LogP contribution in [-0.2, 0) is 14.6 Å². The molecular formula is C9H9NO4S. The van der Waals surface area contributed by atoms with Gasteiger partial charge in [0.2, 0.25) is 0 Å². The number of fused-ring (bicyclic) bond motifs is 1. The summed E-state index contributed by atoms with van der Waals surface area (Å²) in [6, 6.07) is 5.23. The second-order valence-corrected chi connectivity index (χ2v) is 5.32. The van der Waals surface area contributed by atoms with Gasteiger partial charge >= 0.3 is 5.97 Å². The number of carboxylic acid groups (broad SMARTS) is 1. The molecule has 1 unspecified atom stereocenters. The van der Waals surface area contributed by atoms with Gasteiger partial charge in [-0.3, -0.25) is 0 Å². The highest BCUT2D eigenvalue weighted by molar-refractivity contribution is 7.91. The van der Waals surface area contributed by atoms with E-state index in [1.165, 1.54) is 6.07 Å². The molecule has 0 saturated carbocycles. The molecule has 6 heteroatoms. The Balaban J connectivity index is 2.53. The monoisotopic (exact) mass is 227 g/mol. The van der Waals surface area contributed by atoms with Crippen LogP contribution in [0.2, 0.25) is 0 Å². The van der Waals surface area contributed by atoms with Gasteiger partial charge in [-0.2, -0.15) is 0 Å². The molecule has 2 N–H and O–H groups in total. The lowest BCUT2D eigenvalue weighted by Crippen LogP contribution is -2.40. The first-order valence-corrected chi connectivity index (χ1v) is 5.97. The summed E-state index contributed by atoms with van der Waals surface area (Å²) in [5.41, 5.74) is 0.358. The summed E-state index contributed by atoms with van der Waals surface area (Å²) in [7, 11) is -3.48. The molecule has 80 valence electrons. The molecule has 0 spiro atoms. The quantitative estimate of drug-likeness (QED) is 0.722. The van der Waals surface area contributed by atoms with Gasteiger partial charge in [-0.1, -0.05) is 12.1 Å². The highest BCUT2D eigenvalue weighted by atomic mass is 32.2. The number of sulfone groups is 1. The third-order valence-electron chi connectivity index (χ3n) is 2.24. The number of benzene rings is 1. The average Bonchev–Trinajstić information content (AvgIpc) is 2.16. The lowest BCUT2D eigenvalue weighted by Gasteiger charge is -2.23. The number of rotatable bonds is 1. The third kappa shape index (κ3) is 1.68. The zero-order valence-corrected chi connectivity index (χ0v) is 8.49. The van der Waals surface area contributed by atoms with Crippen LogP contribution in [0.5, 0.6) is 0 Å². The lowest BCUT2D eigenvalue weighted by atomic mass is 10.2. The van der Waals surface area contributed by atoms with E-state index in [-0.39, 0.29) is 4.90 Å². The predicted octanol–water partition coefficient (Wildman–Crippen LogP) is 0.339.